The normalized spacial score (nSPS) is 9.92. The van der Waals surface area contributed by atoms with Crippen LogP contribution in [0.2, 0.25) is 0 Å². The second kappa shape index (κ2) is 3.23. The van der Waals surface area contributed by atoms with E-state index in [1.54, 1.807) is 6.92 Å². The predicted octanol–water partition coefficient (Wildman–Crippen LogP) is 2.29. The van der Waals surface area contributed by atoms with Gasteiger partial charge in [0.05, 0.1) is 10.2 Å². The minimum absolute atomic E-state index is 0.109. The summed E-state index contributed by atoms with van der Waals surface area (Å²) in [5.41, 5.74) is 6.06. The van der Waals surface area contributed by atoms with Crippen molar-refractivity contribution in [3.63, 3.8) is 0 Å². The Morgan fingerprint density at radius 2 is 2.25 bits per heavy atom. The molecule has 0 aliphatic heterocycles. The van der Waals surface area contributed by atoms with Crippen molar-refractivity contribution in [1.29, 1.82) is 0 Å². The summed E-state index contributed by atoms with van der Waals surface area (Å²) < 4.78 is 13.4. The maximum Gasteiger partial charge on any atom is 0.161 e. The molecule has 0 atom stereocenters. The van der Waals surface area contributed by atoms with Crippen molar-refractivity contribution in [2.75, 3.05) is 5.73 Å². The highest BCUT2D eigenvalue weighted by molar-refractivity contribution is 9.10. The summed E-state index contributed by atoms with van der Waals surface area (Å²) in [4.78, 5) is 10.4. The predicted molar refractivity (Wildman–Crippen MR) is 48.6 cm³/mol. The van der Waals surface area contributed by atoms with Gasteiger partial charge in [0.15, 0.2) is 12.1 Å². The van der Waals surface area contributed by atoms with E-state index >= 15 is 0 Å². The lowest BCUT2D eigenvalue weighted by Crippen LogP contribution is -1.99. The zero-order chi connectivity index (χ0) is 9.30. The number of hydrogen-bond donors (Lipinski definition) is 1. The molecule has 0 aromatic heterocycles. The third kappa shape index (κ3) is 1.34. The van der Waals surface area contributed by atoms with E-state index < -0.39 is 5.82 Å². The van der Waals surface area contributed by atoms with Crippen molar-refractivity contribution in [2.24, 2.45) is 0 Å². The molecule has 0 saturated heterocycles. The zero-order valence-corrected chi connectivity index (χ0v) is 7.98. The molecule has 0 fully saturated rings. The lowest BCUT2D eigenvalue weighted by molar-refractivity contribution is 0.112. The number of benzene rings is 1. The van der Waals surface area contributed by atoms with Crippen molar-refractivity contribution in [2.45, 2.75) is 6.92 Å². The van der Waals surface area contributed by atoms with Crippen molar-refractivity contribution >= 4 is 27.9 Å². The minimum Gasteiger partial charge on any atom is -0.396 e. The third-order valence-electron chi connectivity index (χ3n) is 1.59. The van der Waals surface area contributed by atoms with Crippen LogP contribution in [0.5, 0.6) is 0 Å². The average Bonchev–Trinajstić information content (AvgIpc) is 2.08. The van der Waals surface area contributed by atoms with Gasteiger partial charge in [0.25, 0.3) is 0 Å². The molecular formula is C8H7BrFNO. The standard InChI is InChI=1S/C8H7BrFNO/c1-4-2-5(3-12)8(11)7(10)6(4)9/h2-3H,11H2,1H3. The first-order valence-corrected chi connectivity index (χ1v) is 4.06. The maximum atomic E-state index is 13.1. The summed E-state index contributed by atoms with van der Waals surface area (Å²) >= 11 is 3.02. The molecular weight excluding hydrogens is 225 g/mol. The third-order valence-corrected chi connectivity index (χ3v) is 2.56. The molecule has 0 saturated carbocycles. The van der Waals surface area contributed by atoms with Gasteiger partial charge in [0, 0.05) is 5.56 Å². The van der Waals surface area contributed by atoms with Gasteiger partial charge in [-0.2, -0.15) is 0 Å². The zero-order valence-electron chi connectivity index (χ0n) is 6.40. The van der Waals surface area contributed by atoms with Gasteiger partial charge >= 0.3 is 0 Å². The molecule has 0 amide bonds. The van der Waals surface area contributed by atoms with Gasteiger partial charge in [-0.05, 0) is 34.5 Å². The van der Waals surface area contributed by atoms with Gasteiger partial charge in [0.2, 0.25) is 0 Å². The van der Waals surface area contributed by atoms with Gasteiger partial charge in [0.1, 0.15) is 0 Å². The smallest absolute Gasteiger partial charge is 0.161 e. The molecule has 64 valence electrons. The molecule has 0 aliphatic carbocycles. The Hall–Kier alpha value is -0.900. The topological polar surface area (TPSA) is 43.1 Å². The molecule has 0 unspecified atom stereocenters. The highest BCUT2D eigenvalue weighted by atomic mass is 79.9. The van der Waals surface area contributed by atoms with E-state index in [-0.39, 0.29) is 11.3 Å². The van der Waals surface area contributed by atoms with Crippen LogP contribution in [-0.4, -0.2) is 6.29 Å². The van der Waals surface area contributed by atoms with Crippen LogP contribution in [0.3, 0.4) is 0 Å². The van der Waals surface area contributed by atoms with Crippen LogP contribution in [0.15, 0.2) is 10.5 Å². The summed E-state index contributed by atoms with van der Waals surface area (Å²) in [7, 11) is 0. The number of nitrogens with two attached hydrogens (primary N) is 1. The minimum atomic E-state index is -0.572. The van der Waals surface area contributed by atoms with Crippen LogP contribution >= 0.6 is 15.9 Å². The summed E-state index contributed by atoms with van der Waals surface area (Å²) in [5.74, 6) is -0.572. The summed E-state index contributed by atoms with van der Waals surface area (Å²) in [5, 5.41) is 0. The van der Waals surface area contributed by atoms with Crippen LogP contribution in [0.4, 0.5) is 10.1 Å². The number of carbonyl (C=O) groups excluding carboxylic acids is 1. The molecule has 1 aromatic carbocycles. The van der Waals surface area contributed by atoms with E-state index in [0.29, 0.717) is 16.3 Å². The van der Waals surface area contributed by atoms with E-state index in [9.17, 15) is 9.18 Å². The van der Waals surface area contributed by atoms with E-state index in [4.69, 9.17) is 5.73 Å². The first-order valence-electron chi connectivity index (χ1n) is 3.27. The molecule has 0 radical (unpaired) electrons. The summed E-state index contributed by atoms with van der Waals surface area (Å²) in [6.07, 6.45) is 0.540. The van der Waals surface area contributed by atoms with Crippen molar-refractivity contribution in [3.05, 3.63) is 27.5 Å². The number of aryl methyl sites for hydroxylation is 1. The molecule has 0 aliphatic rings. The number of anilines is 1. The van der Waals surface area contributed by atoms with Crippen LogP contribution in [-0.2, 0) is 0 Å². The molecule has 12 heavy (non-hydrogen) atoms. The average molecular weight is 232 g/mol. The van der Waals surface area contributed by atoms with Crippen LogP contribution in [0, 0.1) is 12.7 Å². The fourth-order valence-electron chi connectivity index (χ4n) is 0.890. The molecule has 0 heterocycles. The number of rotatable bonds is 1. The second-order valence-electron chi connectivity index (χ2n) is 2.44. The molecule has 1 rings (SSSR count). The number of nitrogen functional groups attached to an aromatic ring is 1. The summed E-state index contributed by atoms with van der Waals surface area (Å²) in [6.45, 7) is 1.69. The molecule has 2 N–H and O–H groups in total. The van der Waals surface area contributed by atoms with Crippen LogP contribution in [0.1, 0.15) is 15.9 Å². The van der Waals surface area contributed by atoms with Gasteiger partial charge < -0.3 is 5.73 Å². The Morgan fingerprint density at radius 1 is 1.67 bits per heavy atom. The van der Waals surface area contributed by atoms with Gasteiger partial charge in [-0.15, -0.1) is 0 Å². The largest absolute Gasteiger partial charge is 0.396 e. The lowest BCUT2D eigenvalue weighted by Gasteiger charge is -2.05. The van der Waals surface area contributed by atoms with Crippen molar-refractivity contribution in [3.8, 4) is 0 Å². The second-order valence-corrected chi connectivity index (χ2v) is 3.24. The monoisotopic (exact) mass is 231 g/mol. The number of carbonyl (C=O) groups is 1. The van der Waals surface area contributed by atoms with Crippen LogP contribution in [0.25, 0.3) is 0 Å². The lowest BCUT2D eigenvalue weighted by atomic mass is 10.1. The molecule has 0 bridgehead atoms. The first-order chi connectivity index (χ1) is 5.57. The first kappa shape index (κ1) is 9.19. The molecule has 2 nitrogen and oxygen atoms in total. The Labute approximate surface area is 77.7 Å². The van der Waals surface area contributed by atoms with E-state index in [1.807, 2.05) is 0 Å². The van der Waals surface area contributed by atoms with E-state index in [1.165, 1.54) is 6.07 Å². The Morgan fingerprint density at radius 3 is 2.75 bits per heavy atom. The highest BCUT2D eigenvalue weighted by Gasteiger charge is 2.10. The van der Waals surface area contributed by atoms with Gasteiger partial charge in [-0.3, -0.25) is 4.79 Å². The van der Waals surface area contributed by atoms with E-state index in [2.05, 4.69) is 15.9 Å². The Balaban J connectivity index is 3.49. The SMILES string of the molecule is Cc1cc(C=O)c(N)c(F)c1Br. The number of hydrogen-bond acceptors (Lipinski definition) is 2. The Kier molecular flexibility index (Phi) is 2.47. The van der Waals surface area contributed by atoms with Crippen molar-refractivity contribution in [1.82, 2.24) is 0 Å². The molecule has 0 spiro atoms. The number of halogens is 2. The van der Waals surface area contributed by atoms with Crippen molar-refractivity contribution < 1.29 is 9.18 Å². The van der Waals surface area contributed by atoms with Crippen LogP contribution < -0.4 is 5.73 Å². The molecule has 1 aromatic rings. The quantitative estimate of drug-likeness (QED) is 0.596. The summed E-state index contributed by atoms with van der Waals surface area (Å²) in [6, 6.07) is 1.54. The highest BCUT2D eigenvalue weighted by Crippen LogP contribution is 2.27. The maximum absolute atomic E-state index is 13.1. The fourth-order valence-corrected chi connectivity index (χ4v) is 1.22. The van der Waals surface area contributed by atoms with Gasteiger partial charge in [-0.25, -0.2) is 4.39 Å². The van der Waals surface area contributed by atoms with Gasteiger partial charge in [-0.1, -0.05) is 0 Å². The number of aldehydes is 1. The molecule has 4 heteroatoms. The van der Waals surface area contributed by atoms with E-state index in [0.717, 1.165) is 0 Å². The Bertz CT molecular complexity index is 338. The fraction of sp³-hybridized carbons (Fsp3) is 0.125.